The van der Waals surface area contributed by atoms with Crippen molar-refractivity contribution in [1.29, 1.82) is 0 Å². The second-order valence-corrected chi connectivity index (χ2v) is 6.16. The third kappa shape index (κ3) is 43.5. The standard InChI is InChI=1S/C3H5F3.C3H10Si/c1-2-3(4,5)6;1-4(2)3/h2H2,1H3;4H,1-3H3. The maximum Gasteiger partial charge on any atom is 0.388 e. The first-order chi connectivity index (χ1) is 4.29. The van der Waals surface area contributed by atoms with Gasteiger partial charge in [-0.05, 0) is 0 Å². The largest absolute Gasteiger partial charge is 0.388 e. The predicted molar refractivity (Wildman–Crippen MR) is 41.1 cm³/mol. The van der Waals surface area contributed by atoms with Gasteiger partial charge in [0.2, 0.25) is 0 Å². The van der Waals surface area contributed by atoms with E-state index < -0.39 is 12.6 Å². The van der Waals surface area contributed by atoms with Crippen LogP contribution in [0.1, 0.15) is 13.3 Å². The molecule has 0 aliphatic rings. The summed E-state index contributed by atoms with van der Waals surface area (Å²) in [7, 11) is -0.139. The van der Waals surface area contributed by atoms with Gasteiger partial charge in [0.15, 0.2) is 0 Å². The van der Waals surface area contributed by atoms with Crippen LogP contribution in [0.25, 0.3) is 0 Å². The van der Waals surface area contributed by atoms with Crippen LogP contribution in [0.15, 0.2) is 0 Å². The van der Waals surface area contributed by atoms with Gasteiger partial charge in [-0.25, -0.2) is 0 Å². The van der Waals surface area contributed by atoms with Crippen molar-refractivity contribution >= 4 is 8.80 Å². The number of hydrogen-bond acceptors (Lipinski definition) is 0. The summed E-state index contributed by atoms with van der Waals surface area (Å²) in [6, 6.07) is 0. The van der Waals surface area contributed by atoms with Crippen molar-refractivity contribution in [2.45, 2.75) is 39.2 Å². The van der Waals surface area contributed by atoms with Gasteiger partial charge < -0.3 is 0 Å². The van der Waals surface area contributed by atoms with E-state index in [4.69, 9.17) is 0 Å². The predicted octanol–water partition coefficient (Wildman–Crippen LogP) is 3.06. The SMILES string of the molecule is CCC(F)(F)F.C[SiH](C)C. The van der Waals surface area contributed by atoms with Crippen LogP contribution in [0.4, 0.5) is 13.2 Å². The topological polar surface area (TPSA) is 0 Å². The second-order valence-electron chi connectivity index (χ2n) is 2.70. The lowest BCUT2D eigenvalue weighted by Crippen LogP contribution is -2.02. The minimum Gasteiger partial charge on any atom is -0.171 e. The van der Waals surface area contributed by atoms with E-state index in [-0.39, 0.29) is 8.80 Å². The van der Waals surface area contributed by atoms with Crippen LogP contribution in [0.5, 0.6) is 0 Å². The molecule has 0 unspecified atom stereocenters. The van der Waals surface area contributed by atoms with Gasteiger partial charge in [0.05, 0.1) is 0 Å². The zero-order chi connectivity index (χ0) is 8.78. The average molecular weight is 172 g/mol. The summed E-state index contributed by atoms with van der Waals surface area (Å²) >= 11 is 0. The van der Waals surface area contributed by atoms with Crippen molar-refractivity contribution in [3.05, 3.63) is 0 Å². The summed E-state index contributed by atoms with van der Waals surface area (Å²) in [4.78, 5) is 0. The number of hydrogen-bond donors (Lipinski definition) is 0. The molecule has 0 aromatic heterocycles. The Balaban J connectivity index is 0. The fourth-order valence-corrected chi connectivity index (χ4v) is 0. The summed E-state index contributed by atoms with van der Waals surface area (Å²) in [6.45, 7) is 8.00. The third-order valence-corrected chi connectivity index (χ3v) is 0.401. The fraction of sp³-hybridized carbons (Fsp3) is 1.00. The van der Waals surface area contributed by atoms with E-state index in [1.807, 2.05) is 0 Å². The van der Waals surface area contributed by atoms with E-state index in [0.29, 0.717) is 0 Å². The molecular weight excluding hydrogens is 157 g/mol. The molecule has 0 N–H and O–H groups in total. The number of rotatable bonds is 0. The molecule has 0 atom stereocenters. The van der Waals surface area contributed by atoms with E-state index in [9.17, 15) is 13.2 Å². The minimum atomic E-state index is -3.96. The molecule has 10 heavy (non-hydrogen) atoms. The first-order valence-electron chi connectivity index (χ1n) is 3.36. The average Bonchev–Trinajstić information content (AvgIpc) is 1.63. The second kappa shape index (κ2) is 5.77. The molecule has 0 heterocycles. The van der Waals surface area contributed by atoms with Crippen molar-refractivity contribution in [3.63, 3.8) is 0 Å². The number of alkyl halides is 3. The molecule has 0 spiro atoms. The smallest absolute Gasteiger partial charge is 0.171 e. The molecule has 4 heteroatoms. The Morgan fingerprint density at radius 3 is 1.20 bits per heavy atom. The van der Waals surface area contributed by atoms with Gasteiger partial charge in [-0.3, -0.25) is 0 Å². The summed E-state index contributed by atoms with van der Waals surface area (Å²) in [5, 5.41) is 0. The molecule has 0 amide bonds. The molecule has 0 saturated heterocycles. The van der Waals surface area contributed by atoms with Crippen LogP contribution < -0.4 is 0 Å². The maximum absolute atomic E-state index is 10.8. The molecule has 0 fully saturated rings. The van der Waals surface area contributed by atoms with Crippen LogP contribution in [0.2, 0.25) is 19.6 Å². The molecule has 0 nitrogen and oxygen atoms in total. The molecular formula is C6H15F3Si. The van der Waals surface area contributed by atoms with Crippen LogP contribution in [-0.2, 0) is 0 Å². The maximum atomic E-state index is 10.8. The minimum absolute atomic E-state index is 0.139. The first-order valence-corrected chi connectivity index (χ1v) is 6.82. The zero-order valence-corrected chi connectivity index (χ0v) is 8.07. The summed E-state index contributed by atoms with van der Waals surface area (Å²) in [5.74, 6) is 0. The van der Waals surface area contributed by atoms with Crippen molar-refractivity contribution in [2.75, 3.05) is 0 Å². The van der Waals surface area contributed by atoms with Crippen LogP contribution in [0.3, 0.4) is 0 Å². The Bertz CT molecular complexity index is 65.1. The Kier molecular flexibility index (Phi) is 7.30. The van der Waals surface area contributed by atoms with Gasteiger partial charge in [0.25, 0.3) is 0 Å². The zero-order valence-electron chi connectivity index (χ0n) is 6.92. The van der Waals surface area contributed by atoms with Crippen molar-refractivity contribution in [2.24, 2.45) is 0 Å². The van der Waals surface area contributed by atoms with Crippen molar-refractivity contribution < 1.29 is 13.2 Å². The summed E-state index contributed by atoms with van der Waals surface area (Å²) in [5.41, 5.74) is 0. The van der Waals surface area contributed by atoms with E-state index in [1.54, 1.807) is 0 Å². The highest BCUT2D eigenvalue weighted by atomic mass is 28.3. The first kappa shape index (κ1) is 12.7. The lowest BCUT2D eigenvalue weighted by molar-refractivity contribution is -0.130. The monoisotopic (exact) mass is 172 g/mol. The van der Waals surface area contributed by atoms with Gasteiger partial charge in [-0.15, -0.1) is 0 Å². The highest BCUT2D eigenvalue weighted by Crippen LogP contribution is 2.17. The highest BCUT2D eigenvalue weighted by Gasteiger charge is 2.22. The van der Waals surface area contributed by atoms with E-state index >= 15 is 0 Å². The molecule has 0 rings (SSSR count). The molecule has 0 radical (unpaired) electrons. The summed E-state index contributed by atoms with van der Waals surface area (Å²) in [6.07, 6.45) is -4.69. The Hall–Kier alpha value is 0.00688. The van der Waals surface area contributed by atoms with Crippen LogP contribution in [-0.4, -0.2) is 15.0 Å². The van der Waals surface area contributed by atoms with E-state index in [2.05, 4.69) is 19.6 Å². The molecule has 64 valence electrons. The molecule has 0 aliphatic carbocycles. The lowest BCUT2D eigenvalue weighted by Gasteiger charge is -1.96. The van der Waals surface area contributed by atoms with Gasteiger partial charge in [-0.1, -0.05) is 26.6 Å². The third-order valence-electron chi connectivity index (χ3n) is 0.401. The molecule has 0 bridgehead atoms. The van der Waals surface area contributed by atoms with Crippen molar-refractivity contribution in [3.8, 4) is 0 Å². The van der Waals surface area contributed by atoms with Gasteiger partial charge >= 0.3 is 6.18 Å². The molecule has 0 aromatic carbocycles. The van der Waals surface area contributed by atoms with Crippen LogP contribution in [0, 0.1) is 0 Å². The summed E-state index contributed by atoms with van der Waals surface area (Å²) < 4.78 is 32.4. The fourth-order valence-electron chi connectivity index (χ4n) is 0. The normalized spacial score (nSPS) is 10.8. The number of halogens is 3. The lowest BCUT2D eigenvalue weighted by atomic mass is 10.5. The van der Waals surface area contributed by atoms with Crippen molar-refractivity contribution in [1.82, 2.24) is 0 Å². The van der Waals surface area contributed by atoms with E-state index in [1.165, 1.54) is 0 Å². The van der Waals surface area contributed by atoms with Gasteiger partial charge in [0.1, 0.15) is 0 Å². The Morgan fingerprint density at radius 2 is 1.20 bits per heavy atom. The van der Waals surface area contributed by atoms with Gasteiger partial charge in [-0.2, -0.15) is 13.2 Å². The van der Waals surface area contributed by atoms with E-state index in [0.717, 1.165) is 6.92 Å². The quantitative estimate of drug-likeness (QED) is 0.493. The van der Waals surface area contributed by atoms with Gasteiger partial charge in [0, 0.05) is 15.2 Å². The molecule has 0 aromatic rings. The Morgan fingerprint density at radius 1 is 1.10 bits per heavy atom. The molecule has 0 aliphatic heterocycles. The molecule has 0 saturated carbocycles. The Labute approximate surface area is 62.0 Å². The van der Waals surface area contributed by atoms with Crippen LogP contribution >= 0.6 is 0 Å². The highest BCUT2D eigenvalue weighted by molar-refractivity contribution is 6.54.